The minimum absolute atomic E-state index is 0.130. The number of H-pyrrole nitrogens is 1. The number of aromatic amines is 1. The molecule has 178 valence electrons. The quantitative estimate of drug-likeness (QED) is 0.450. The van der Waals surface area contributed by atoms with Crippen molar-refractivity contribution in [3.8, 4) is 0 Å². The number of fused-ring (bicyclic) bond motifs is 3. The van der Waals surface area contributed by atoms with Gasteiger partial charge in [0.15, 0.2) is 0 Å². The number of nitrogens with one attached hydrogen (secondary N) is 3. The normalized spacial score (nSPS) is 21.6. The van der Waals surface area contributed by atoms with Gasteiger partial charge < -0.3 is 20.4 Å². The Labute approximate surface area is 204 Å². The summed E-state index contributed by atoms with van der Waals surface area (Å²) in [5, 5.41) is 9.14. The Morgan fingerprint density at radius 3 is 3.06 bits per heavy atom. The Balaban J connectivity index is 1.32. The molecule has 2 fully saturated rings. The molecule has 2 atom stereocenters. The SMILES string of the molecule is C=C(CN1CCOC[C@H]1C(=O)Nc1cc(Cl)cc2c1[nH]c1cnccc12)N[C@@H]1CCCCC1=C. The van der Waals surface area contributed by atoms with Gasteiger partial charge in [-0.25, -0.2) is 0 Å². The van der Waals surface area contributed by atoms with Gasteiger partial charge >= 0.3 is 0 Å². The monoisotopic (exact) mass is 479 g/mol. The maximum atomic E-state index is 13.4. The number of anilines is 1. The fraction of sp³-hybridized carbons (Fsp3) is 0.385. The molecule has 1 saturated carbocycles. The van der Waals surface area contributed by atoms with Crippen molar-refractivity contribution in [2.24, 2.45) is 0 Å². The van der Waals surface area contributed by atoms with Crippen molar-refractivity contribution in [3.63, 3.8) is 0 Å². The molecule has 0 bridgehead atoms. The molecule has 7 nitrogen and oxygen atoms in total. The predicted molar refractivity (Wildman–Crippen MR) is 137 cm³/mol. The molecule has 0 unspecified atom stereocenters. The molecule has 1 aromatic carbocycles. The van der Waals surface area contributed by atoms with Gasteiger partial charge in [-0.2, -0.15) is 0 Å². The molecular formula is C26H30ClN5O2. The first-order valence-corrected chi connectivity index (χ1v) is 12.2. The highest BCUT2D eigenvalue weighted by molar-refractivity contribution is 6.33. The average Bonchev–Trinajstić information content (AvgIpc) is 3.20. The van der Waals surface area contributed by atoms with Gasteiger partial charge in [0.1, 0.15) is 6.04 Å². The molecule has 5 rings (SSSR count). The third kappa shape index (κ3) is 4.69. The van der Waals surface area contributed by atoms with Gasteiger partial charge in [0.2, 0.25) is 5.91 Å². The first-order valence-electron chi connectivity index (χ1n) is 11.8. The number of halogens is 1. The van der Waals surface area contributed by atoms with Crippen molar-refractivity contribution in [2.45, 2.75) is 37.8 Å². The van der Waals surface area contributed by atoms with E-state index < -0.39 is 6.04 Å². The fourth-order valence-electron chi connectivity index (χ4n) is 4.99. The number of nitrogens with zero attached hydrogens (tertiary/aromatic N) is 2. The standard InChI is InChI=1S/C26H30ClN5O2/c1-16-5-3-4-6-21(16)29-17(2)14-32-9-10-34-15-24(32)26(33)31-22-12-18(27)11-20-19-7-8-28-13-23(19)30-25(20)22/h7-8,11-13,21,24,29-30H,1-6,9-10,14-15H2,(H,31,33)/t21-,24+/m1/s1. The van der Waals surface area contributed by atoms with Crippen molar-refractivity contribution in [2.75, 3.05) is 31.6 Å². The third-order valence-corrected chi connectivity index (χ3v) is 7.00. The second kappa shape index (κ2) is 9.78. The maximum absolute atomic E-state index is 13.4. The van der Waals surface area contributed by atoms with Crippen LogP contribution in [0.25, 0.3) is 21.8 Å². The van der Waals surface area contributed by atoms with Crippen LogP contribution in [0.3, 0.4) is 0 Å². The molecular weight excluding hydrogens is 450 g/mol. The summed E-state index contributed by atoms with van der Waals surface area (Å²) in [6, 6.07) is 5.45. The van der Waals surface area contributed by atoms with E-state index >= 15 is 0 Å². The highest BCUT2D eigenvalue weighted by atomic mass is 35.5. The largest absolute Gasteiger partial charge is 0.381 e. The van der Waals surface area contributed by atoms with Crippen molar-refractivity contribution < 1.29 is 9.53 Å². The van der Waals surface area contributed by atoms with E-state index in [1.165, 1.54) is 18.4 Å². The minimum atomic E-state index is -0.429. The lowest BCUT2D eigenvalue weighted by Gasteiger charge is -2.36. The lowest BCUT2D eigenvalue weighted by molar-refractivity contribution is -0.126. The topological polar surface area (TPSA) is 82.3 Å². The summed E-state index contributed by atoms with van der Waals surface area (Å²) >= 11 is 6.41. The highest BCUT2D eigenvalue weighted by Gasteiger charge is 2.31. The van der Waals surface area contributed by atoms with E-state index in [1.807, 2.05) is 12.1 Å². The van der Waals surface area contributed by atoms with E-state index in [-0.39, 0.29) is 11.9 Å². The molecule has 1 saturated heterocycles. The second-order valence-electron chi connectivity index (χ2n) is 9.18. The smallest absolute Gasteiger partial charge is 0.244 e. The van der Waals surface area contributed by atoms with Crippen molar-refractivity contribution in [1.29, 1.82) is 0 Å². The molecule has 2 aliphatic rings. The number of hydrogen-bond donors (Lipinski definition) is 3. The zero-order valence-electron chi connectivity index (χ0n) is 19.2. The van der Waals surface area contributed by atoms with Crippen LogP contribution in [0.15, 0.2) is 55.0 Å². The Kier molecular flexibility index (Phi) is 6.59. The summed E-state index contributed by atoms with van der Waals surface area (Å²) in [4.78, 5) is 23.1. The lowest BCUT2D eigenvalue weighted by atomic mass is 9.91. The van der Waals surface area contributed by atoms with Gasteiger partial charge in [-0.3, -0.25) is 14.7 Å². The lowest BCUT2D eigenvalue weighted by Crippen LogP contribution is -2.53. The van der Waals surface area contributed by atoms with E-state index in [1.54, 1.807) is 18.5 Å². The summed E-state index contributed by atoms with van der Waals surface area (Å²) in [7, 11) is 0. The van der Waals surface area contributed by atoms with Gasteiger partial charge in [-0.05, 0) is 37.5 Å². The van der Waals surface area contributed by atoms with Gasteiger partial charge in [0.25, 0.3) is 0 Å². The first kappa shape index (κ1) is 22.9. The minimum Gasteiger partial charge on any atom is -0.381 e. The molecule has 3 N–H and O–H groups in total. The van der Waals surface area contributed by atoms with E-state index in [2.05, 4.69) is 38.7 Å². The molecule has 34 heavy (non-hydrogen) atoms. The van der Waals surface area contributed by atoms with Crippen LogP contribution in [0.2, 0.25) is 5.02 Å². The number of aromatic nitrogens is 2. The van der Waals surface area contributed by atoms with E-state index in [4.69, 9.17) is 16.3 Å². The summed E-state index contributed by atoms with van der Waals surface area (Å²) in [5.74, 6) is -0.130. The Bertz CT molecular complexity index is 1250. The number of ether oxygens (including phenoxy) is 1. The molecule has 1 aliphatic heterocycles. The molecule has 0 spiro atoms. The summed E-state index contributed by atoms with van der Waals surface area (Å²) < 4.78 is 5.67. The van der Waals surface area contributed by atoms with Crippen LogP contribution in [-0.4, -0.2) is 59.2 Å². The Morgan fingerprint density at radius 1 is 1.32 bits per heavy atom. The number of carbonyl (C=O) groups is 1. The molecule has 3 aromatic rings. The number of carbonyl (C=O) groups excluding carboxylic acids is 1. The Hall–Kier alpha value is -2.87. The van der Waals surface area contributed by atoms with Crippen LogP contribution in [-0.2, 0) is 9.53 Å². The van der Waals surface area contributed by atoms with Crippen LogP contribution in [0.4, 0.5) is 5.69 Å². The summed E-state index contributed by atoms with van der Waals surface area (Å²) in [5.41, 5.74) is 4.50. The van der Waals surface area contributed by atoms with Crippen LogP contribution in [0.1, 0.15) is 25.7 Å². The van der Waals surface area contributed by atoms with Crippen molar-refractivity contribution in [1.82, 2.24) is 20.2 Å². The number of morpholine rings is 1. The van der Waals surface area contributed by atoms with E-state index in [9.17, 15) is 4.79 Å². The number of pyridine rings is 1. The Morgan fingerprint density at radius 2 is 2.21 bits per heavy atom. The zero-order chi connectivity index (χ0) is 23.7. The zero-order valence-corrected chi connectivity index (χ0v) is 20.0. The summed E-state index contributed by atoms with van der Waals surface area (Å²) in [6.45, 7) is 10.6. The van der Waals surface area contributed by atoms with Gasteiger partial charge in [-0.15, -0.1) is 0 Å². The van der Waals surface area contributed by atoms with Gasteiger partial charge in [-0.1, -0.05) is 36.8 Å². The molecule has 1 aliphatic carbocycles. The average molecular weight is 480 g/mol. The van der Waals surface area contributed by atoms with Gasteiger partial charge in [0.05, 0.1) is 36.1 Å². The van der Waals surface area contributed by atoms with Gasteiger partial charge in [0, 0.05) is 46.8 Å². The van der Waals surface area contributed by atoms with E-state index in [0.717, 1.165) is 40.3 Å². The van der Waals surface area contributed by atoms with Crippen LogP contribution in [0.5, 0.6) is 0 Å². The first-order chi connectivity index (χ1) is 16.5. The molecule has 2 aromatic heterocycles. The molecule has 1 amide bonds. The summed E-state index contributed by atoms with van der Waals surface area (Å²) in [6.07, 6.45) is 8.06. The molecule has 3 heterocycles. The van der Waals surface area contributed by atoms with Crippen molar-refractivity contribution >= 4 is 45.0 Å². The molecule has 0 radical (unpaired) electrons. The van der Waals surface area contributed by atoms with Crippen LogP contribution in [0, 0.1) is 0 Å². The highest BCUT2D eigenvalue weighted by Crippen LogP contribution is 2.33. The number of amides is 1. The van der Waals surface area contributed by atoms with Crippen LogP contribution < -0.4 is 10.6 Å². The number of rotatable bonds is 6. The second-order valence-corrected chi connectivity index (χ2v) is 9.61. The predicted octanol–water partition coefficient (Wildman–Crippen LogP) is 4.61. The fourth-order valence-corrected chi connectivity index (χ4v) is 5.21. The van der Waals surface area contributed by atoms with E-state index in [0.29, 0.717) is 37.0 Å². The maximum Gasteiger partial charge on any atom is 0.244 e. The third-order valence-electron chi connectivity index (χ3n) is 6.78. The molecule has 8 heteroatoms. The van der Waals surface area contributed by atoms with Crippen molar-refractivity contribution in [3.05, 3.63) is 60.0 Å². The number of benzene rings is 1. The van der Waals surface area contributed by atoms with Crippen LogP contribution >= 0.6 is 11.6 Å². The number of hydrogen-bond acceptors (Lipinski definition) is 5.